The molecule has 0 atom stereocenters. The van der Waals surface area contributed by atoms with Crippen molar-refractivity contribution in [2.45, 2.75) is 20.0 Å². The molecule has 2 rings (SSSR count). The molecule has 1 aromatic heterocycles. The first-order valence-electron chi connectivity index (χ1n) is 6.09. The van der Waals surface area contributed by atoms with Crippen LogP contribution in [0.15, 0.2) is 42.6 Å². The number of benzene rings is 1. The number of hydrogen-bond acceptors (Lipinski definition) is 3. The third kappa shape index (κ3) is 3.55. The van der Waals surface area contributed by atoms with Crippen LogP contribution in [0.25, 0.3) is 0 Å². The normalized spacial score (nSPS) is 10.2. The van der Waals surface area contributed by atoms with Crippen molar-refractivity contribution < 1.29 is 14.6 Å². The van der Waals surface area contributed by atoms with Crippen LogP contribution in [0.2, 0.25) is 0 Å². The molecule has 1 aromatic carbocycles. The highest BCUT2D eigenvalue weighted by Gasteiger charge is 2.04. The standard InChI is InChI=1S/C15H15NO3/c1-2-11-4-3-5-13(8-11)19-10-12-6-7-14(15(17)18)16-9-12/h3-9H,2,10H2,1H3,(H,17,18). The Labute approximate surface area is 111 Å². The predicted molar refractivity (Wildman–Crippen MR) is 71.3 cm³/mol. The van der Waals surface area contributed by atoms with Gasteiger partial charge < -0.3 is 9.84 Å². The zero-order valence-electron chi connectivity index (χ0n) is 10.7. The largest absolute Gasteiger partial charge is 0.489 e. The number of pyridine rings is 1. The van der Waals surface area contributed by atoms with E-state index in [1.165, 1.54) is 17.8 Å². The Hall–Kier alpha value is -2.36. The summed E-state index contributed by atoms with van der Waals surface area (Å²) in [5, 5.41) is 8.75. The molecular weight excluding hydrogens is 242 g/mol. The minimum Gasteiger partial charge on any atom is -0.489 e. The maximum atomic E-state index is 10.7. The Morgan fingerprint density at radius 2 is 2.11 bits per heavy atom. The quantitative estimate of drug-likeness (QED) is 0.894. The van der Waals surface area contributed by atoms with Crippen LogP contribution in [-0.2, 0) is 13.0 Å². The lowest BCUT2D eigenvalue weighted by Gasteiger charge is -2.07. The lowest BCUT2D eigenvalue weighted by atomic mass is 10.2. The molecule has 0 amide bonds. The molecule has 2 aromatic rings. The van der Waals surface area contributed by atoms with Crippen LogP contribution in [0.4, 0.5) is 0 Å². The van der Waals surface area contributed by atoms with Gasteiger partial charge in [0.1, 0.15) is 18.1 Å². The molecule has 0 aliphatic heterocycles. The van der Waals surface area contributed by atoms with E-state index in [9.17, 15) is 4.79 Å². The van der Waals surface area contributed by atoms with Crippen molar-refractivity contribution in [1.82, 2.24) is 4.98 Å². The Balaban J connectivity index is 1.99. The van der Waals surface area contributed by atoms with E-state index in [-0.39, 0.29) is 5.69 Å². The summed E-state index contributed by atoms with van der Waals surface area (Å²) in [5.74, 6) is -0.218. The zero-order chi connectivity index (χ0) is 13.7. The lowest BCUT2D eigenvalue weighted by Crippen LogP contribution is -2.02. The number of ether oxygens (including phenoxy) is 1. The highest BCUT2D eigenvalue weighted by molar-refractivity contribution is 5.85. The zero-order valence-corrected chi connectivity index (χ0v) is 10.7. The maximum Gasteiger partial charge on any atom is 0.354 e. The third-order valence-corrected chi connectivity index (χ3v) is 2.76. The van der Waals surface area contributed by atoms with E-state index in [2.05, 4.69) is 18.0 Å². The summed E-state index contributed by atoms with van der Waals surface area (Å²) in [6.07, 6.45) is 2.49. The molecule has 19 heavy (non-hydrogen) atoms. The van der Waals surface area contributed by atoms with Crippen molar-refractivity contribution in [3.63, 3.8) is 0 Å². The fourth-order valence-electron chi connectivity index (χ4n) is 1.66. The van der Waals surface area contributed by atoms with Crippen LogP contribution >= 0.6 is 0 Å². The molecule has 0 saturated heterocycles. The van der Waals surface area contributed by atoms with E-state index in [0.29, 0.717) is 6.61 Å². The second kappa shape index (κ2) is 6.00. The summed E-state index contributed by atoms with van der Waals surface area (Å²) in [6, 6.07) is 11.1. The number of carboxylic acid groups (broad SMARTS) is 1. The first-order valence-corrected chi connectivity index (χ1v) is 6.09. The number of nitrogens with zero attached hydrogens (tertiary/aromatic N) is 1. The summed E-state index contributed by atoms with van der Waals surface area (Å²) < 4.78 is 5.65. The van der Waals surface area contributed by atoms with Crippen molar-refractivity contribution in [2.24, 2.45) is 0 Å². The van der Waals surface area contributed by atoms with E-state index in [1.54, 1.807) is 6.07 Å². The molecular formula is C15H15NO3. The van der Waals surface area contributed by atoms with Gasteiger partial charge in [-0.25, -0.2) is 9.78 Å². The van der Waals surface area contributed by atoms with Gasteiger partial charge in [0.2, 0.25) is 0 Å². The topological polar surface area (TPSA) is 59.4 Å². The molecule has 0 aliphatic carbocycles. The van der Waals surface area contributed by atoms with E-state index in [1.807, 2.05) is 18.2 Å². The highest BCUT2D eigenvalue weighted by Crippen LogP contribution is 2.15. The minimum atomic E-state index is -1.02. The van der Waals surface area contributed by atoms with Crippen LogP contribution in [-0.4, -0.2) is 16.1 Å². The number of aromatic carboxylic acids is 1. The van der Waals surface area contributed by atoms with Crippen molar-refractivity contribution >= 4 is 5.97 Å². The Morgan fingerprint density at radius 3 is 2.74 bits per heavy atom. The third-order valence-electron chi connectivity index (χ3n) is 2.76. The molecule has 0 saturated carbocycles. The number of carboxylic acids is 1. The number of carbonyl (C=O) groups is 1. The van der Waals surface area contributed by atoms with E-state index < -0.39 is 5.97 Å². The van der Waals surface area contributed by atoms with Crippen LogP contribution in [0.5, 0.6) is 5.75 Å². The molecule has 0 aliphatic rings. The van der Waals surface area contributed by atoms with Crippen molar-refractivity contribution in [2.75, 3.05) is 0 Å². The molecule has 0 radical (unpaired) electrons. The summed E-state index contributed by atoms with van der Waals surface area (Å²) in [7, 11) is 0. The SMILES string of the molecule is CCc1cccc(OCc2ccc(C(=O)O)nc2)c1. The molecule has 0 bridgehead atoms. The molecule has 98 valence electrons. The number of aryl methyl sites for hydroxylation is 1. The summed E-state index contributed by atoms with van der Waals surface area (Å²) in [6.45, 7) is 2.47. The van der Waals surface area contributed by atoms with Crippen molar-refractivity contribution in [3.8, 4) is 5.75 Å². The van der Waals surface area contributed by atoms with Gasteiger partial charge in [-0.2, -0.15) is 0 Å². The minimum absolute atomic E-state index is 0.0386. The summed E-state index contributed by atoms with van der Waals surface area (Å²) >= 11 is 0. The average Bonchev–Trinajstić information content (AvgIpc) is 2.46. The van der Waals surface area contributed by atoms with Gasteiger partial charge in [0, 0.05) is 11.8 Å². The van der Waals surface area contributed by atoms with Crippen LogP contribution in [0, 0.1) is 0 Å². The Kier molecular flexibility index (Phi) is 4.13. The fourth-order valence-corrected chi connectivity index (χ4v) is 1.66. The molecule has 1 N–H and O–H groups in total. The number of hydrogen-bond donors (Lipinski definition) is 1. The van der Waals surface area contributed by atoms with Gasteiger partial charge in [0.25, 0.3) is 0 Å². The van der Waals surface area contributed by atoms with E-state index >= 15 is 0 Å². The van der Waals surface area contributed by atoms with Gasteiger partial charge in [0.15, 0.2) is 0 Å². The summed E-state index contributed by atoms with van der Waals surface area (Å²) in [4.78, 5) is 14.5. The molecule has 0 spiro atoms. The van der Waals surface area contributed by atoms with Gasteiger partial charge in [-0.3, -0.25) is 0 Å². The monoisotopic (exact) mass is 257 g/mol. The summed E-state index contributed by atoms with van der Waals surface area (Å²) in [5.41, 5.74) is 2.10. The van der Waals surface area contributed by atoms with Gasteiger partial charge in [0.05, 0.1) is 0 Å². The highest BCUT2D eigenvalue weighted by atomic mass is 16.5. The second-order valence-corrected chi connectivity index (χ2v) is 4.15. The predicted octanol–water partition coefficient (Wildman–Crippen LogP) is 2.92. The van der Waals surface area contributed by atoms with Gasteiger partial charge in [-0.05, 0) is 30.2 Å². The Morgan fingerprint density at radius 1 is 1.26 bits per heavy atom. The second-order valence-electron chi connectivity index (χ2n) is 4.15. The molecule has 1 heterocycles. The maximum absolute atomic E-state index is 10.7. The number of rotatable bonds is 5. The van der Waals surface area contributed by atoms with E-state index in [0.717, 1.165) is 17.7 Å². The molecule has 4 nitrogen and oxygen atoms in total. The van der Waals surface area contributed by atoms with Crippen LogP contribution < -0.4 is 4.74 Å². The smallest absolute Gasteiger partial charge is 0.354 e. The van der Waals surface area contributed by atoms with Crippen molar-refractivity contribution in [1.29, 1.82) is 0 Å². The first kappa shape index (κ1) is 13.1. The van der Waals surface area contributed by atoms with Crippen LogP contribution in [0.1, 0.15) is 28.5 Å². The molecule has 0 fully saturated rings. The van der Waals surface area contributed by atoms with Crippen LogP contribution in [0.3, 0.4) is 0 Å². The fraction of sp³-hybridized carbons (Fsp3) is 0.200. The average molecular weight is 257 g/mol. The van der Waals surface area contributed by atoms with Gasteiger partial charge in [-0.15, -0.1) is 0 Å². The molecule has 0 unspecified atom stereocenters. The van der Waals surface area contributed by atoms with Gasteiger partial charge >= 0.3 is 5.97 Å². The number of aromatic nitrogens is 1. The molecule has 4 heteroatoms. The van der Waals surface area contributed by atoms with Crippen molar-refractivity contribution in [3.05, 3.63) is 59.4 Å². The first-order chi connectivity index (χ1) is 9.19. The lowest BCUT2D eigenvalue weighted by molar-refractivity contribution is 0.0690. The Bertz CT molecular complexity index is 564. The van der Waals surface area contributed by atoms with E-state index in [4.69, 9.17) is 9.84 Å². The van der Waals surface area contributed by atoms with Gasteiger partial charge in [-0.1, -0.05) is 25.1 Å².